The molecule has 0 radical (unpaired) electrons. The number of aromatic nitrogens is 1. The van der Waals surface area contributed by atoms with Crippen molar-refractivity contribution >= 4 is 53.4 Å². The number of fused-ring (bicyclic) bond motifs is 1. The Labute approximate surface area is 299 Å². The number of ether oxygens (including phenoxy) is 1. The molecule has 276 valence electrons. The molecule has 3 aromatic rings. The second-order valence-corrected chi connectivity index (χ2v) is 13.4. The van der Waals surface area contributed by atoms with Crippen molar-refractivity contribution in [3.63, 3.8) is 0 Å². The van der Waals surface area contributed by atoms with Crippen LogP contribution < -0.4 is 16.0 Å². The number of carbonyl (C=O) groups is 5. The number of carbonyl (C=O) groups excluding carboxylic acids is 5. The van der Waals surface area contributed by atoms with E-state index in [4.69, 9.17) is 4.74 Å². The number of nitrogens with zero attached hydrogens (tertiary/aromatic N) is 3. The highest BCUT2D eigenvalue weighted by molar-refractivity contribution is 6.43. The van der Waals surface area contributed by atoms with Crippen molar-refractivity contribution in [3.05, 3.63) is 71.9 Å². The van der Waals surface area contributed by atoms with E-state index in [1.54, 1.807) is 38.1 Å². The maximum atomic E-state index is 14.6. The van der Waals surface area contributed by atoms with E-state index >= 15 is 0 Å². The molecule has 5 rings (SSSR count). The van der Waals surface area contributed by atoms with Gasteiger partial charge in [-0.05, 0) is 55.5 Å². The molecule has 2 aliphatic heterocycles. The molecule has 5 N–H and O–H groups in total. The van der Waals surface area contributed by atoms with Crippen LogP contribution in [0.2, 0.25) is 0 Å². The van der Waals surface area contributed by atoms with Crippen LogP contribution in [0.25, 0.3) is 10.9 Å². The van der Waals surface area contributed by atoms with Gasteiger partial charge in [-0.15, -0.1) is 0 Å². The number of alkyl carbamates (subject to hydrolysis) is 1. The Bertz CT molecular complexity index is 1810. The first-order valence-electron chi connectivity index (χ1n) is 17.0. The van der Waals surface area contributed by atoms with Gasteiger partial charge in [-0.2, -0.15) is 0 Å². The molecule has 0 saturated carbocycles. The summed E-state index contributed by atoms with van der Waals surface area (Å²) in [6, 6.07) is 10.8. The van der Waals surface area contributed by atoms with Gasteiger partial charge in [0.15, 0.2) is 0 Å². The summed E-state index contributed by atoms with van der Waals surface area (Å²) in [6.07, 6.45) is 0.722. The number of amides is 5. The van der Waals surface area contributed by atoms with E-state index in [0.717, 1.165) is 4.90 Å². The Morgan fingerprint density at radius 3 is 2.38 bits per heavy atom. The van der Waals surface area contributed by atoms with Gasteiger partial charge in [-0.3, -0.25) is 24.2 Å². The average molecular weight is 723 g/mol. The van der Waals surface area contributed by atoms with Crippen LogP contribution in [0.5, 0.6) is 0 Å². The van der Waals surface area contributed by atoms with Gasteiger partial charge in [0.1, 0.15) is 24.7 Å². The van der Waals surface area contributed by atoms with Crippen LogP contribution in [0.1, 0.15) is 56.0 Å². The largest absolute Gasteiger partial charge is 0.475 e. The molecule has 2 saturated heterocycles. The minimum atomic E-state index is -3.33. The maximum absolute atomic E-state index is 14.6. The first-order chi connectivity index (χ1) is 24.6. The average Bonchev–Trinajstić information content (AvgIpc) is 3.74. The zero-order chi connectivity index (χ0) is 37.7. The van der Waals surface area contributed by atoms with Crippen molar-refractivity contribution < 1.29 is 47.5 Å². The van der Waals surface area contributed by atoms with Gasteiger partial charge < -0.3 is 40.5 Å². The van der Waals surface area contributed by atoms with E-state index in [1.165, 1.54) is 48.4 Å². The van der Waals surface area contributed by atoms with Crippen LogP contribution in [-0.4, -0.2) is 105 Å². The molecule has 14 nitrogen and oxygen atoms in total. The molecule has 3 heterocycles. The predicted molar refractivity (Wildman–Crippen MR) is 186 cm³/mol. The fraction of sp³-hybridized carbons (Fsp3) is 0.429. The van der Waals surface area contributed by atoms with Crippen LogP contribution in [0.3, 0.4) is 0 Å². The summed E-state index contributed by atoms with van der Waals surface area (Å²) < 4.78 is 34.5. The summed E-state index contributed by atoms with van der Waals surface area (Å²) >= 11 is 0. The van der Waals surface area contributed by atoms with Crippen molar-refractivity contribution in [2.45, 2.75) is 76.6 Å². The van der Waals surface area contributed by atoms with E-state index in [2.05, 4.69) is 20.9 Å². The van der Waals surface area contributed by atoms with Crippen LogP contribution >= 0.6 is 0 Å². The van der Waals surface area contributed by atoms with E-state index in [0.29, 0.717) is 35.9 Å². The Morgan fingerprint density at radius 2 is 1.69 bits per heavy atom. The number of nitrogens with one attached hydrogen (secondary N) is 3. The minimum Gasteiger partial charge on any atom is -0.445 e. The molecule has 2 aromatic carbocycles. The lowest BCUT2D eigenvalue weighted by molar-refractivity contribution is -0.138. The highest BCUT2D eigenvalue weighted by atomic mass is 19.3. The number of likely N-dealkylation sites (tertiary alicyclic amines) is 2. The van der Waals surface area contributed by atoms with E-state index in [-0.39, 0.29) is 23.8 Å². The molecule has 2 fully saturated rings. The van der Waals surface area contributed by atoms with Crippen LogP contribution in [0.4, 0.5) is 19.3 Å². The number of para-hydroxylation sites is 1. The maximum Gasteiger partial charge on any atom is 0.475 e. The standard InChI is InChI=1S/C35H41BF2N6O8/c1-20(2)29(33(48)43-16-6-9-28(43)36(50)51)42-34(49)52-18-22-10-12-23(13-11-22)41-31(46)27-17-35(37,38)19-44(27)32(47)21(3)40-30(45)25-14-15-39-26-8-5-4-7-24(25)26/h4-5,7-8,10-15,20-21,27-29,50-51H,6,9,16-19H2,1-3H3,(H,40,45)(H,41,46)(H,42,49)/t21-,27+,28+,29?/m1/s1. The lowest BCUT2D eigenvalue weighted by Crippen LogP contribution is -2.55. The van der Waals surface area contributed by atoms with Crippen LogP contribution in [0.15, 0.2) is 60.8 Å². The Balaban J connectivity index is 1.15. The highest BCUT2D eigenvalue weighted by Gasteiger charge is 2.51. The predicted octanol–water partition coefficient (Wildman–Crippen LogP) is 2.48. The van der Waals surface area contributed by atoms with Crippen LogP contribution in [-0.2, 0) is 25.7 Å². The quantitative estimate of drug-likeness (QED) is 0.185. The number of pyridine rings is 1. The lowest BCUT2D eigenvalue weighted by Gasteiger charge is -2.30. The second kappa shape index (κ2) is 16.0. The normalized spacial score (nSPS) is 19.2. The highest BCUT2D eigenvalue weighted by Crippen LogP contribution is 2.33. The summed E-state index contributed by atoms with van der Waals surface area (Å²) in [7, 11) is -1.69. The zero-order valence-electron chi connectivity index (χ0n) is 28.9. The molecular formula is C35H41BF2N6O8. The molecule has 0 aliphatic carbocycles. The van der Waals surface area contributed by atoms with Gasteiger partial charge in [-0.1, -0.05) is 44.2 Å². The van der Waals surface area contributed by atoms with Gasteiger partial charge >= 0.3 is 13.2 Å². The van der Waals surface area contributed by atoms with Gasteiger partial charge in [0.05, 0.1) is 23.6 Å². The Kier molecular flexibility index (Phi) is 11.7. The third kappa shape index (κ3) is 8.82. The topological polar surface area (TPSA) is 190 Å². The molecule has 1 unspecified atom stereocenters. The van der Waals surface area contributed by atoms with Gasteiger partial charge in [0.25, 0.3) is 11.8 Å². The first kappa shape index (κ1) is 38.1. The van der Waals surface area contributed by atoms with Crippen molar-refractivity contribution in [2.24, 2.45) is 5.92 Å². The number of anilines is 1. The molecule has 2 aliphatic rings. The van der Waals surface area contributed by atoms with E-state index in [1.807, 2.05) is 0 Å². The molecule has 5 amide bonds. The van der Waals surface area contributed by atoms with Gasteiger partial charge in [-0.25, -0.2) is 13.6 Å². The SMILES string of the molecule is CC(C)C(NC(=O)OCc1ccc(NC(=O)[C@@H]2CC(F)(F)CN2C(=O)[C@@H](C)NC(=O)c2ccnc3ccccc23)cc1)C(=O)N1CCC[C@H]1B(O)O. The molecule has 0 bridgehead atoms. The number of alkyl halides is 2. The molecule has 17 heteroatoms. The molecule has 0 spiro atoms. The van der Waals surface area contributed by atoms with Crippen molar-refractivity contribution in [1.82, 2.24) is 25.4 Å². The number of rotatable bonds is 11. The van der Waals surface area contributed by atoms with Crippen molar-refractivity contribution in [2.75, 3.05) is 18.4 Å². The second-order valence-electron chi connectivity index (χ2n) is 13.4. The summed E-state index contributed by atoms with van der Waals surface area (Å²) in [4.78, 5) is 71.7. The molecule has 52 heavy (non-hydrogen) atoms. The Morgan fingerprint density at radius 1 is 0.981 bits per heavy atom. The zero-order valence-corrected chi connectivity index (χ0v) is 28.9. The number of benzene rings is 2. The minimum absolute atomic E-state index is 0.198. The monoisotopic (exact) mass is 722 g/mol. The number of hydrogen-bond acceptors (Lipinski definition) is 9. The summed E-state index contributed by atoms with van der Waals surface area (Å²) in [5.74, 6) is -7.13. The summed E-state index contributed by atoms with van der Waals surface area (Å²) in [5, 5.41) is 27.5. The van der Waals surface area contributed by atoms with E-state index in [9.17, 15) is 42.8 Å². The van der Waals surface area contributed by atoms with Crippen molar-refractivity contribution in [1.29, 1.82) is 0 Å². The Hall–Kier alpha value is -5.16. The fourth-order valence-corrected chi connectivity index (χ4v) is 6.46. The van der Waals surface area contributed by atoms with Gasteiger partial charge in [0.2, 0.25) is 17.7 Å². The lowest BCUT2D eigenvalue weighted by atomic mass is 9.77. The van der Waals surface area contributed by atoms with Crippen LogP contribution in [0, 0.1) is 5.92 Å². The summed E-state index contributed by atoms with van der Waals surface area (Å²) in [5.41, 5.74) is 1.58. The van der Waals surface area contributed by atoms with Gasteiger partial charge in [0, 0.05) is 30.2 Å². The third-order valence-corrected chi connectivity index (χ3v) is 9.19. The summed E-state index contributed by atoms with van der Waals surface area (Å²) in [6.45, 7) is 3.99. The molecule has 1 aromatic heterocycles. The number of halogens is 2. The molecule has 4 atom stereocenters. The smallest absolute Gasteiger partial charge is 0.445 e. The number of hydrogen-bond donors (Lipinski definition) is 5. The van der Waals surface area contributed by atoms with E-state index < -0.39 is 79.8 Å². The van der Waals surface area contributed by atoms with Crippen molar-refractivity contribution in [3.8, 4) is 0 Å². The first-order valence-corrected chi connectivity index (χ1v) is 17.0. The third-order valence-electron chi connectivity index (χ3n) is 9.19. The molecular weight excluding hydrogens is 681 g/mol. The fourth-order valence-electron chi connectivity index (χ4n) is 6.46.